The van der Waals surface area contributed by atoms with Crippen LogP contribution in [0.3, 0.4) is 0 Å². The predicted octanol–water partition coefficient (Wildman–Crippen LogP) is 1.58. The molecule has 1 aliphatic rings. The molecule has 1 saturated heterocycles. The highest BCUT2D eigenvalue weighted by molar-refractivity contribution is 5.92. The Morgan fingerprint density at radius 3 is 2.67 bits per heavy atom. The highest BCUT2D eigenvalue weighted by atomic mass is 16.5. The number of para-hydroxylation sites is 1. The van der Waals surface area contributed by atoms with Crippen LogP contribution in [-0.2, 0) is 16.1 Å². The van der Waals surface area contributed by atoms with Crippen LogP contribution in [0.15, 0.2) is 24.3 Å². The highest BCUT2D eigenvalue weighted by Gasteiger charge is 2.18. The lowest BCUT2D eigenvalue weighted by Gasteiger charge is -2.16. The fraction of sp³-hybridized carbons (Fsp3) is 0.467. The number of carbonyl (C=O) groups is 2. The maximum absolute atomic E-state index is 11.9. The van der Waals surface area contributed by atoms with E-state index in [1.165, 1.54) is 0 Å². The van der Waals surface area contributed by atoms with Crippen LogP contribution in [0.25, 0.3) is 0 Å². The fourth-order valence-electron chi connectivity index (χ4n) is 2.32. The molecule has 3 amide bonds. The zero-order valence-corrected chi connectivity index (χ0v) is 12.2. The molecule has 114 valence electrons. The summed E-state index contributed by atoms with van der Waals surface area (Å²) in [5.41, 5.74) is 1.58. The Hall–Kier alpha value is -2.08. The molecule has 1 fully saturated rings. The van der Waals surface area contributed by atoms with Crippen molar-refractivity contribution in [2.75, 3.05) is 32.1 Å². The van der Waals surface area contributed by atoms with Gasteiger partial charge in [0.05, 0.1) is 13.2 Å². The van der Waals surface area contributed by atoms with E-state index in [2.05, 4.69) is 10.6 Å². The van der Waals surface area contributed by atoms with Crippen LogP contribution in [0, 0.1) is 0 Å². The first kappa shape index (κ1) is 15.3. The number of methoxy groups -OCH3 is 1. The van der Waals surface area contributed by atoms with Crippen LogP contribution in [0.5, 0.6) is 0 Å². The van der Waals surface area contributed by atoms with Crippen molar-refractivity contribution in [3.63, 3.8) is 0 Å². The number of ether oxygens (including phenoxy) is 1. The van der Waals surface area contributed by atoms with E-state index in [9.17, 15) is 9.59 Å². The molecule has 6 heteroatoms. The number of benzene rings is 1. The second-order valence-corrected chi connectivity index (χ2v) is 4.99. The van der Waals surface area contributed by atoms with E-state index >= 15 is 0 Å². The molecule has 2 N–H and O–H groups in total. The minimum atomic E-state index is -0.383. The molecule has 0 radical (unpaired) electrons. The molecule has 0 unspecified atom stereocenters. The van der Waals surface area contributed by atoms with Crippen LogP contribution in [0.4, 0.5) is 10.5 Å². The average Bonchev–Trinajstić information content (AvgIpc) is 3.01. The Labute approximate surface area is 124 Å². The normalized spacial score (nSPS) is 14.0. The lowest BCUT2D eigenvalue weighted by atomic mass is 10.2. The van der Waals surface area contributed by atoms with Gasteiger partial charge in [0, 0.05) is 31.5 Å². The van der Waals surface area contributed by atoms with Gasteiger partial charge in [-0.25, -0.2) is 4.79 Å². The maximum Gasteiger partial charge on any atom is 0.319 e. The van der Waals surface area contributed by atoms with Gasteiger partial charge in [-0.15, -0.1) is 0 Å². The number of amides is 3. The molecule has 1 heterocycles. The molecule has 0 saturated carbocycles. The number of anilines is 1. The Balaban J connectivity index is 1.82. The summed E-state index contributed by atoms with van der Waals surface area (Å²) in [6.45, 7) is 2.03. The van der Waals surface area contributed by atoms with Gasteiger partial charge < -0.3 is 20.3 Å². The van der Waals surface area contributed by atoms with Gasteiger partial charge in [-0.1, -0.05) is 18.2 Å². The Morgan fingerprint density at radius 1 is 1.24 bits per heavy atom. The second kappa shape index (κ2) is 7.64. The number of hydrogen-bond acceptors (Lipinski definition) is 3. The van der Waals surface area contributed by atoms with E-state index in [1.54, 1.807) is 18.1 Å². The molecule has 0 bridgehead atoms. The van der Waals surface area contributed by atoms with Crippen molar-refractivity contribution in [1.82, 2.24) is 10.2 Å². The van der Waals surface area contributed by atoms with Crippen molar-refractivity contribution in [2.45, 2.75) is 19.4 Å². The molecular weight excluding hydrogens is 270 g/mol. The first-order valence-electron chi connectivity index (χ1n) is 7.10. The lowest BCUT2D eigenvalue weighted by Crippen LogP contribution is -2.40. The molecule has 0 aromatic heterocycles. The number of rotatable bonds is 5. The number of likely N-dealkylation sites (tertiary alicyclic amines) is 1. The molecule has 1 aliphatic heterocycles. The minimum absolute atomic E-state index is 0.0261. The number of urea groups is 1. The Morgan fingerprint density at radius 2 is 1.95 bits per heavy atom. The van der Waals surface area contributed by atoms with E-state index in [1.807, 2.05) is 18.2 Å². The average molecular weight is 291 g/mol. The third kappa shape index (κ3) is 4.46. The van der Waals surface area contributed by atoms with Gasteiger partial charge in [-0.05, 0) is 18.9 Å². The van der Waals surface area contributed by atoms with E-state index in [0.717, 1.165) is 31.5 Å². The molecule has 1 aromatic carbocycles. The first-order chi connectivity index (χ1) is 10.2. The minimum Gasteiger partial charge on any atom is -0.380 e. The fourth-order valence-corrected chi connectivity index (χ4v) is 2.32. The molecule has 2 rings (SSSR count). The third-order valence-electron chi connectivity index (χ3n) is 3.42. The third-order valence-corrected chi connectivity index (χ3v) is 3.42. The number of nitrogens with one attached hydrogen (secondary N) is 2. The van der Waals surface area contributed by atoms with Gasteiger partial charge in [0.2, 0.25) is 5.91 Å². The summed E-state index contributed by atoms with van der Waals surface area (Å²) in [7, 11) is 1.60. The molecule has 0 aliphatic carbocycles. The van der Waals surface area contributed by atoms with E-state index in [0.29, 0.717) is 12.3 Å². The molecule has 0 spiro atoms. The SMILES string of the molecule is COCc1ccccc1NC(=O)NCC(=O)N1CCCC1. The van der Waals surface area contributed by atoms with Crippen LogP contribution < -0.4 is 10.6 Å². The largest absolute Gasteiger partial charge is 0.380 e. The summed E-state index contributed by atoms with van der Waals surface area (Å²) < 4.78 is 5.08. The summed E-state index contributed by atoms with van der Waals surface area (Å²) in [6, 6.07) is 7.02. The number of nitrogens with zero attached hydrogens (tertiary/aromatic N) is 1. The lowest BCUT2D eigenvalue weighted by molar-refractivity contribution is -0.128. The van der Waals surface area contributed by atoms with E-state index < -0.39 is 0 Å². The van der Waals surface area contributed by atoms with Crippen molar-refractivity contribution in [3.8, 4) is 0 Å². The topological polar surface area (TPSA) is 70.7 Å². The zero-order chi connectivity index (χ0) is 15.1. The van der Waals surface area contributed by atoms with Crippen molar-refractivity contribution in [3.05, 3.63) is 29.8 Å². The summed E-state index contributed by atoms with van der Waals surface area (Å²) >= 11 is 0. The highest BCUT2D eigenvalue weighted by Crippen LogP contribution is 2.15. The predicted molar refractivity (Wildman–Crippen MR) is 80.0 cm³/mol. The number of hydrogen-bond donors (Lipinski definition) is 2. The molecule has 1 aromatic rings. The molecule has 21 heavy (non-hydrogen) atoms. The summed E-state index contributed by atoms with van der Waals surface area (Å²) in [6.07, 6.45) is 2.09. The first-order valence-corrected chi connectivity index (χ1v) is 7.10. The summed E-state index contributed by atoms with van der Waals surface area (Å²) in [4.78, 5) is 25.5. The number of carbonyl (C=O) groups excluding carboxylic acids is 2. The van der Waals surface area contributed by atoms with Crippen molar-refractivity contribution in [1.29, 1.82) is 0 Å². The Kier molecular flexibility index (Phi) is 5.57. The van der Waals surface area contributed by atoms with Crippen LogP contribution in [0.2, 0.25) is 0 Å². The second-order valence-electron chi connectivity index (χ2n) is 4.99. The van der Waals surface area contributed by atoms with Crippen molar-refractivity contribution in [2.24, 2.45) is 0 Å². The molecule has 6 nitrogen and oxygen atoms in total. The summed E-state index contributed by atoms with van der Waals surface area (Å²) in [5, 5.41) is 5.34. The van der Waals surface area contributed by atoms with Crippen molar-refractivity contribution < 1.29 is 14.3 Å². The quantitative estimate of drug-likeness (QED) is 0.865. The van der Waals surface area contributed by atoms with Gasteiger partial charge >= 0.3 is 6.03 Å². The van der Waals surface area contributed by atoms with Crippen molar-refractivity contribution >= 4 is 17.6 Å². The van der Waals surface area contributed by atoms with E-state index in [4.69, 9.17) is 4.74 Å². The molecule has 0 atom stereocenters. The Bertz CT molecular complexity index is 499. The van der Waals surface area contributed by atoms with Crippen LogP contribution >= 0.6 is 0 Å². The van der Waals surface area contributed by atoms with Crippen LogP contribution in [0.1, 0.15) is 18.4 Å². The zero-order valence-electron chi connectivity index (χ0n) is 12.2. The maximum atomic E-state index is 11.9. The van der Waals surface area contributed by atoms with Crippen LogP contribution in [-0.4, -0.2) is 43.6 Å². The standard InChI is InChI=1S/C15H21N3O3/c1-21-11-12-6-2-3-7-13(12)17-15(20)16-10-14(19)18-8-4-5-9-18/h2-3,6-7H,4-5,8-11H2,1H3,(H2,16,17,20). The van der Waals surface area contributed by atoms with Gasteiger partial charge in [0.15, 0.2) is 0 Å². The van der Waals surface area contributed by atoms with Gasteiger partial charge in [-0.2, -0.15) is 0 Å². The van der Waals surface area contributed by atoms with Gasteiger partial charge in [0.25, 0.3) is 0 Å². The van der Waals surface area contributed by atoms with E-state index in [-0.39, 0.29) is 18.5 Å². The van der Waals surface area contributed by atoms with Gasteiger partial charge in [0.1, 0.15) is 0 Å². The monoisotopic (exact) mass is 291 g/mol. The summed E-state index contributed by atoms with van der Waals surface area (Å²) in [5.74, 6) is -0.0344. The van der Waals surface area contributed by atoms with Gasteiger partial charge in [-0.3, -0.25) is 4.79 Å². The smallest absolute Gasteiger partial charge is 0.319 e. The molecular formula is C15H21N3O3.